The Morgan fingerprint density at radius 3 is 1.79 bits per heavy atom. The molecule has 82 valence electrons. The van der Waals surface area contributed by atoms with Crippen LogP contribution in [0.15, 0.2) is 0 Å². The summed E-state index contributed by atoms with van der Waals surface area (Å²) in [6.45, 7) is 4.05. The molecule has 0 aromatic heterocycles. The highest BCUT2D eigenvalue weighted by molar-refractivity contribution is 4.81. The molecule has 2 aliphatic rings. The Morgan fingerprint density at radius 1 is 0.857 bits per heavy atom. The molecule has 2 fully saturated rings. The van der Waals surface area contributed by atoms with E-state index in [1.807, 2.05) is 0 Å². The molecular formula is C11H21N2O-. The molecule has 0 unspecified atom stereocenters. The fraction of sp³-hybridized carbons (Fsp3) is 1.00. The van der Waals surface area contributed by atoms with E-state index in [1.165, 1.54) is 31.0 Å². The van der Waals surface area contributed by atoms with Gasteiger partial charge in [-0.2, -0.15) is 0 Å². The van der Waals surface area contributed by atoms with Gasteiger partial charge in [0.15, 0.2) is 0 Å². The van der Waals surface area contributed by atoms with E-state index >= 15 is 0 Å². The van der Waals surface area contributed by atoms with Crippen LogP contribution in [-0.2, 0) is 0 Å². The van der Waals surface area contributed by atoms with Crippen LogP contribution in [0.3, 0.4) is 0 Å². The van der Waals surface area contributed by atoms with Crippen LogP contribution in [0.25, 0.3) is 0 Å². The van der Waals surface area contributed by atoms with Crippen LogP contribution in [-0.4, -0.2) is 43.2 Å². The molecule has 2 heterocycles. The molecule has 0 aromatic rings. The van der Waals surface area contributed by atoms with Crippen molar-refractivity contribution in [2.75, 3.05) is 33.2 Å². The van der Waals surface area contributed by atoms with Crippen molar-refractivity contribution < 1.29 is 0 Å². The summed E-state index contributed by atoms with van der Waals surface area (Å²) in [5, 5.41) is 12.3. The normalized spacial score (nSPS) is 29.6. The second-order valence-electron chi connectivity index (χ2n) is 4.91. The lowest BCUT2D eigenvalue weighted by atomic mass is 9.79. The van der Waals surface area contributed by atoms with Gasteiger partial charge in [0.2, 0.25) is 0 Å². The average molecular weight is 197 g/mol. The SMILES string of the molecule is CN1CCC(C2CCN([O-])CC2)CC1. The van der Waals surface area contributed by atoms with Gasteiger partial charge in [-0.3, -0.25) is 0 Å². The van der Waals surface area contributed by atoms with E-state index in [4.69, 9.17) is 0 Å². The van der Waals surface area contributed by atoms with Crippen LogP contribution in [0.1, 0.15) is 25.7 Å². The molecule has 0 saturated carbocycles. The second kappa shape index (κ2) is 4.60. The number of hydrogen-bond donors (Lipinski definition) is 0. The smallest absolute Gasteiger partial charge is 0.00190 e. The lowest BCUT2D eigenvalue weighted by Crippen LogP contribution is -2.37. The Bertz CT molecular complexity index is 150. The van der Waals surface area contributed by atoms with Gasteiger partial charge < -0.3 is 15.2 Å². The number of piperidine rings is 2. The minimum atomic E-state index is 0.775. The predicted octanol–water partition coefficient (Wildman–Crippen LogP) is 1.54. The zero-order chi connectivity index (χ0) is 9.97. The molecule has 0 aromatic carbocycles. The zero-order valence-electron chi connectivity index (χ0n) is 9.11. The van der Waals surface area contributed by atoms with E-state index in [0.717, 1.165) is 37.8 Å². The van der Waals surface area contributed by atoms with Gasteiger partial charge in [-0.1, -0.05) is 0 Å². The van der Waals surface area contributed by atoms with E-state index in [0.29, 0.717) is 0 Å². The summed E-state index contributed by atoms with van der Waals surface area (Å²) in [4.78, 5) is 2.42. The molecule has 0 bridgehead atoms. The highest BCUT2D eigenvalue weighted by atomic mass is 16.5. The third kappa shape index (κ3) is 2.47. The van der Waals surface area contributed by atoms with Gasteiger partial charge in [0.25, 0.3) is 0 Å². The van der Waals surface area contributed by atoms with Crippen molar-refractivity contribution in [3.8, 4) is 0 Å². The molecule has 0 amide bonds. The molecule has 0 N–H and O–H groups in total. The first-order chi connectivity index (χ1) is 6.75. The van der Waals surface area contributed by atoms with Gasteiger partial charge >= 0.3 is 0 Å². The molecule has 2 aliphatic heterocycles. The van der Waals surface area contributed by atoms with Crippen LogP contribution in [0.4, 0.5) is 0 Å². The third-order valence-electron chi connectivity index (χ3n) is 3.93. The summed E-state index contributed by atoms with van der Waals surface area (Å²) >= 11 is 0. The van der Waals surface area contributed by atoms with Crippen molar-refractivity contribution in [1.82, 2.24) is 9.96 Å². The molecule has 3 heteroatoms. The minimum Gasteiger partial charge on any atom is -0.785 e. The van der Waals surface area contributed by atoms with Crippen LogP contribution in [0, 0.1) is 17.0 Å². The largest absolute Gasteiger partial charge is 0.785 e. The van der Waals surface area contributed by atoms with Gasteiger partial charge in [-0.05, 0) is 70.7 Å². The third-order valence-corrected chi connectivity index (χ3v) is 3.93. The molecule has 0 aliphatic carbocycles. The quantitative estimate of drug-likeness (QED) is 0.638. The Balaban J connectivity index is 1.78. The summed E-state index contributed by atoms with van der Waals surface area (Å²) in [6.07, 6.45) is 4.97. The highest BCUT2D eigenvalue weighted by Gasteiger charge is 2.26. The van der Waals surface area contributed by atoms with E-state index in [9.17, 15) is 5.21 Å². The van der Waals surface area contributed by atoms with Crippen LogP contribution in [0.5, 0.6) is 0 Å². The summed E-state index contributed by atoms with van der Waals surface area (Å²) in [5.74, 6) is 1.74. The lowest BCUT2D eigenvalue weighted by Gasteiger charge is -2.41. The molecule has 2 saturated heterocycles. The molecule has 3 nitrogen and oxygen atoms in total. The summed E-state index contributed by atoms with van der Waals surface area (Å²) in [7, 11) is 2.20. The average Bonchev–Trinajstić information content (AvgIpc) is 2.21. The Kier molecular flexibility index (Phi) is 3.42. The van der Waals surface area contributed by atoms with Crippen molar-refractivity contribution >= 4 is 0 Å². The predicted molar refractivity (Wildman–Crippen MR) is 57.9 cm³/mol. The number of hydrogen-bond acceptors (Lipinski definition) is 3. The fourth-order valence-corrected chi connectivity index (χ4v) is 2.85. The monoisotopic (exact) mass is 197 g/mol. The first kappa shape index (κ1) is 10.4. The van der Waals surface area contributed by atoms with Crippen molar-refractivity contribution in [2.45, 2.75) is 25.7 Å². The van der Waals surface area contributed by atoms with E-state index in [1.54, 1.807) is 0 Å². The first-order valence-electron chi connectivity index (χ1n) is 5.86. The van der Waals surface area contributed by atoms with Crippen molar-refractivity contribution in [1.29, 1.82) is 0 Å². The van der Waals surface area contributed by atoms with Gasteiger partial charge in [0.05, 0.1) is 0 Å². The second-order valence-corrected chi connectivity index (χ2v) is 4.91. The van der Waals surface area contributed by atoms with Gasteiger partial charge in [-0.25, -0.2) is 0 Å². The molecule has 0 radical (unpaired) electrons. The molecule has 14 heavy (non-hydrogen) atoms. The molecule has 0 atom stereocenters. The van der Waals surface area contributed by atoms with E-state index < -0.39 is 0 Å². The minimum absolute atomic E-state index is 0.775. The first-order valence-corrected chi connectivity index (χ1v) is 5.86. The maximum atomic E-state index is 11.1. The summed E-state index contributed by atoms with van der Waals surface area (Å²) in [6, 6.07) is 0. The standard InChI is InChI=1S/C11H21N2O/c1-12-6-2-10(3-7-12)11-4-8-13(14)9-5-11/h10-11H,2-9H2,1H3/q-1. The maximum absolute atomic E-state index is 11.1. The van der Waals surface area contributed by atoms with Crippen molar-refractivity contribution in [3.05, 3.63) is 5.21 Å². The Morgan fingerprint density at radius 2 is 1.29 bits per heavy atom. The molecular weight excluding hydrogens is 176 g/mol. The number of likely N-dealkylation sites (tertiary alicyclic amines) is 1. The topological polar surface area (TPSA) is 29.5 Å². The summed E-state index contributed by atoms with van der Waals surface area (Å²) in [5.41, 5.74) is 0. The van der Waals surface area contributed by atoms with Crippen molar-refractivity contribution in [3.63, 3.8) is 0 Å². The van der Waals surface area contributed by atoms with E-state index in [2.05, 4.69) is 11.9 Å². The van der Waals surface area contributed by atoms with E-state index in [-0.39, 0.29) is 0 Å². The van der Waals surface area contributed by atoms with Gasteiger partial charge in [-0.15, -0.1) is 0 Å². The van der Waals surface area contributed by atoms with Gasteiger partial charge in [0.1, 0.15) is 0 Å². The van der Waals surface area contributed by atoms with Crippen molar-refractivity contribution in [2.24, 2.45) is 11.8 Å². The number of hydroxylamine groups is 2. The number of rotatable bonds is 1. The Labute approximate surface area is 86.6 Å². The number of nitrogens with zero attached hydrogens (tertiary/aromatic N) is 2. The van der Waals surface area contributed by atoms with Crippen LogP contribution >= 0.6 is 0 Å². The molecule has 0 spiro atoms. The molecule has 2 rings (SSSR count). The van der Waals surface area contributed by atoms with Crippen LogP contribution in [0.2, 0.25) is 0 Å². The Hall–Kier alpha value is -0.120. The maximum Gasteiger partial charge on any atom is -0.00190 e. The highest BCUT2D eigenvalue weighted by Crippen LogP contribution is 2.31. The van der Waals surface area contributed by atoms with Crippen LogP contribution < -0.4 is 0 Å². The van der Waals surface area contributed by atoms with Gasteiger partial charge in [0, 0.05) is 0 Å². The fourth-order valence-electron chi connectivity index (χ4n) is 2.85. The lowest BCUT2D eigenvalue weighted by molar-refractivity contribution is 0.124. The zero-order valence-corrected chi connectivity index (χ0v) is 9.11. The summed E-state index contributed by atoms with van der Waals surface area (Å²) < 4.78 is 0.